The van der Waals surface area contributed by atoms with E-state index < -0.39 is 5.82 Å². The Morgan fingerprint density at radius 1 is 1.32 bits per heavy atom. The summed E-state index contributed by atoms with van der Waals surface area (Å²) in [6, 6.07) is 6.75. The van der Waals surface area contributed by atoms with Crippen molar-refractivity contribution in [3.63, 3.8) is 0 Å². The second kappa shape index (κ2) is 4.75. The highest BCUT2D eigenvalue weighted by Gasteiger charge is 2.36. The van der Waals surface area contributed by atoms with Gasteiger partial charge in [-0.05, 0) is 43.9 Å². The second-order valence-corrected chi connectivity index (χ2v) is 5.48. The standard InChI is InChI=1S/C15H15FN2O/c16-14-4-1-9(5-11(14)8-17)15(19)10-6-12-2-3-13(7-10)18-12/h1,4-5,10,12-13,18H,2-3,6-7H2. The molecular formula is C15H15FN2O. The molecular weight excluding hydrogens is 243 g/mol. The molecule has 0 aromatic heterocycles. The van der Waals surface area contributed by atoms with Crippen molar-refractivity contribution >= 4 is 5.78 Å². The van der Waals surface area contributed by atoms with Crippen LogP contribution in [0, 0.1) is 23.1 Å². The fourth-order valence-corrected chi connectivity index (χ4v) is 3.27. The van der Waals surface area contributed by atoms with Crippen LogP contribution in [0.2, 0.25) is 0 Å². The molecule has 2 unspecified atom stereocenters. The van der Waals surface area contributed by atoms with Crippen LogP contribution in [0.1, 0.15) is 41.6 Å². The number of fused-ring (bicyclic) bond motifs is 2. The number of Topliss-reactive ketones (excluding diaryl/α,β-unsaturated/α-hetero) is 1. The summed E-state index contributed by atoms with van der Waals surface area (Å²) in [7, 11) is 0. The number of nitrogens with zero attached hydrogens (tertiary/aromatic N) is 1. The summed E-state index contributed by atoms with van der Waals surface area (Å²) in [4.78, 5) is 12.4. The quantitative estimate of drug-likeness (QED) is 0.829. The average Bonchev–Trinajstić information content (AvgIpc) is 2.77. The van der Waals surface area contributed by atoms with Gasteiger partial charge in [0.25, 0.3) is 0 Å². The minimum absolute atomic E-state index is 0.00996. The topological polar surface area (TPSA) is 52.9 Å². The zero-order valence-electron chi connectivity index (χ0n) is 10.5. The lowest BCUT2D eigenvalue weighted by Crippen LogP contribution is -2.40. The molecule has 2 atom stereocenters. The number of ketones is 1. The van der Waals surface area contributed by atoms with Crippen LogP contribution in [-0.2, 0) is 0 Å². The molecule has 2 fully saturated rings. The Bertz CT molecular complexity index is 552. The molecule has 0 saturated carbocycles. The first-order chi connectivity index (χ1) is 9.17. The maximum absolute atomic E-state index is 13.3. The van der Waals surface area contributed by atoms with E-state index in [9.17, 15) is 9.18 Å². The van der Waals surface area contributed by atoms with E-state index in [0.29, 0.717) is 17.6 Å². The number of carbonyl (C=O) groups excluding carboxylic acids is 1. The predicted octanol–water partition coefficient (Wildman–Crippen LogP) is 2.41. The Labute approximate surface area is 111 Å². The highest BCUT2D eigenvalue weighted by molar-refractivity contribution is 5.98. The number of hydrogen-bond acceptors (Lipinski definition) is 3. The van der Waals surface area contributed by atoms with Gasteiger partial charge in [0, 0.05) is 23.6 Å². The molecule has 3 nitrogen and oxygen atoms in total. The van der Waals surface area contributed by atoms with Gasteiger partial charge in [-0.3, -0.25) is 4.79 Å². The van der Waals surface area contributed by atoms with Crippen LogP contribution in [0.25, 0.3) is 0 Å². The van der Waals surface area contributed by atoms with Crippen molar-refractivity contribution in [2.24, 2.45) is 5.92 Å². The lowest BCUT2D eigenvalue weighted by molar-refractivity contribution is 0.0875. The number of nitrogens with one attached hydrogen (secondary N) is 1. The molecule has 0 amide bonds. The number of benzene rings is 1. The summed E-state index contributed by atoms with van der Waals surface area (Å²) in [6.45, 7) is 0. The van der Waals surface area contributed by atoms with Crippen molar-refractivity contribution in [2.45, 2.75) is 37.8 Å². The van der Waals surface area contributed by atoms with Crippen LogP contribution in [0.5, 0.6) is 0 Å². The molecule has 1 aromatic carbocycles. The molecule has 0 spiro atoms. The number of halogens is 1. The van der Waals surface area contributed by atoms with E-state index >= 15 is 0 Å². The average molecular weight is 258 g/mol. The minimum Gasteiger partial charge on any atom is -0.311 e. The lowest BCUT2D eigenvalue weighted by Gasteiger charge is -2.28. The van der Waals surface area contributed by atoms with Gasteiger partial charge >= 0.3 is 0 Å². The van der Waals surface area contributed by atoms with Gasteiger partial charge in [0.2, 0.25) is 0 Å². The Hall–Kier alpha value is -1.73. The number of piperidine rings is 1. The van der Waals surface area contributed by atoms with Gasteiger partial charge in [0.15, 0.2) is 5.78 Å². The van der Waals surface area contributed by atoms with Crippen LogP contribution in [0.4, 0.5) is 4.39 Å². The van der Waals surface area contributed by atoms with E-state index in [4.69, 9.17) is 5.26 Å². The number of hydrogen-bond donors (Lipinski definition) is 1. The first-order valence-corrected chi connectivity index (χ1v) is 6.67. The fraction of sp³-hybridized carbons (Fsp3) is 0.467. The SMILES string of the molecule is N#Cc1cc(C(=O)C2CC3CCC(C2)N3)ccc1F. The summed E-state index contributed by atoms with van der Waals surface area (Å²) in [5.41, 5.74) is 0.409. The van der Waals surface area contributed by atoms with E-state index in [0.717, 1.165) is 25.7 Å². The second-order valence-electron chi connectivity index (χ2n) is 5.48. The van der Waals surface area contributed by atoms with Gasteiger partial charge in [-0.2, -0.15) is 5.26 Å². The summed E-state index contributed by atoms with van der Waals surface area (Å²) in [5.74, 6) is -0.505. The van der Waals surface area contributed by atoms with Crippen molar-refractivity contribution in [2.75, 3.05) is 0 Å². The summed E-state index contributed by atoms with van der Waals surface area (Å²) >= 11 is 0. The molecule has 3 rings (SSSR count). The first kappa shape index (κ1) is 12.3. The third kappa shape index (κ3) is 2.26. The van der Waals surface area contributed by atoms with Crippen LogP contribution < -0.4 is 5.32 Å². The third-order valence-corrected chi connectivity index (χ3v) is 4.22. The van der Waals surface area contributed by atoms with Crippen LogP contribution in [0.15, 0.2) is 18.2 Å². The van der Waals surface area contributed by atoms with Crippen molar-refractivity contribution in [3.8, 4) is 6.07 Å². The van der Waals surface area contributed by atoms with Crippen molar-refractivity contribution in [1.82, 2.24) is 5.32 Å². The zero-order chi connectivity index (χ0) is 13.4. The molecule has 4 heteroatoms. The summed E-state index contributed by atoms with van der Waals surface area (Å²) in [5, 5.41) is 12.3. The van der Waals surface area contributed by atoms with E-state index in [1.54, 1.807) is 6.07 Å². The highest BCUT2D eigenvalue weighted by Crippen LogP contribution is 2.33. The van der Waals surface area contributed by atoms with Gasteiger partial charge in [0.1, 0.15) is 11.9 Å². The van der Waals surface area contributed by atoms with Crippen LogP contribution >= 0.6 is 0 Å². The third-order valence-electron chi connectivity index (χ3n) is 4.22. The van der Waals surface area contributed by atoms with Gasteiger partial charge in [-0.1, -0.05) is 0 Å². The normalized spacial score (nSPS) is 28.9. The highest BCUT2D eigenvalue weighted by atomic mass is 19.1. The largest absolute Gasteiger partial charge is 0.311 e. The maximum Gasteiger partial charge on any atom is 0.166 e. The fourth-order valence-electron chi connectivity index (χ4n) is 3.27. The molecule has 2 heterocycles. The van der Waals surface area contributed by atoms with Gasteiger partial charge in [-0.15, -0.1) is 0 Å². The molecule has 98 valence electrons. The van der Waals surface area contributed by atoms with Gasteiger partial charge < -0.3 is 5.32 Å². The van der Waals surface area contributed by atoms with Gasteiger partial charge in [-0.25, -0.2) is 4.39 Å². The molecule has 0 radical (unpaired) electrons. The molecule has 1 aromatic rings. The molecule has 2 aliphatic heterocycles. The van der Waals surface area contributed by atoms with E-state index in [1.165, 1.54) is 18.2 Å². The van der Waals surface area contributed by atoms with Crippen LogP contribution in [0.3, 0.4) is 0 Å². The number of rotatable bonds is 2. The Balaban J connectivity index is 1.82. The van der Waals surface area contributed by atoms with E-state index in [1.807, 2.05) is 0 Å². The summed E-state index contributed by atoms with van der Waals surface area (Å²) in [6.07, 6.45) is 3.99. The molecule has 2 aliphatic rings. The number of carbonyl (C=O) groups is 1. The maximum atomic E-state index is 13.3. The molecule has 2 bridgehead atoms. The smallest absolute Gasteiger partial charge is 0.166 e. The summed E-state index contributed by atoms with van der Waals surface area (Å²) < 4.78 is 13.3. The molecule has 19 heavy (non-hydrogen) atoms. The van der Waals surface area contributed by atoms with Crippen molar-refractivity contribution in [1.29, 1.82) is 5.26 Å². The van der Waals surface area contributed by atoms with Crippen molar-refractivity contribution in [3.05, 3.63) is 35.1 Å². The molecule has 2 saturated heterocycles. The minimum atomic E-state index is -0.565. The van der Waals surface area contributed by atoms with Crippen LogP contribution in [-0.4, -0.2) is 17.9 Å². The van der Waals surface area contributed by atoms with Crippen molar-refractivity contribution < 1.29 is 9.18 Å². The van der Waals surface area contributed by atoms with Gasteiger partial charge in [0.05, 0.1) is 5.56 Å². The monoisotopic (exact) mass is 258 g/mol. The number of nitriles is 1. The molecule has 0 aliphatic carbocycles. The Morgan fingerprint density at radius 2 is 2.00 bits per heavy atom. The Kier molecular flexibility index (Phi) is 3.08. The zero-order valence-corrected chi connectivity index (χ0v) is 10.5. The molecule has 1 N–H and O–H groups in total. The predicted molar refractivity (Wildman–Crippen MR) is 68.1 cm³/mol. The Morgan fingerprint density at radius 3 is 2.63 bits per heavy atom. The first-order valence-electron chi connectivity index (χ1n) is 6.67. The van der Waals surface area contributed by atoms with E-state index in [-0.39, 0.29) is 17.3 Å². The lowest BCUT2D eigenvalue weighted by atomic mass is 9.85. The van der Waals surface area contributed by atoms with E-state index in [2.05, 4.69) is 5.32 Å².